The van der Waals surface area contributed by atoms with Crippen LogP contribution in [0.25, 0.3) is 5.69 Å². The molecule has 10 heteroatoms. The molecule has 0 radical (unpaired) electrons. The average molecular weight is 411 g/mol. The van der Waals surface area contributed by atoms with Crippen molar-refractivity contribution < 1.29 is 29.6 Å². The van der Waals surface area contributed by atoms with Crippen molar-refractivity contribution in [3.63, 3.8) is 0 Å². The number of para-hydroxylation sites is 2. The van der Waals surface area contributed by atoms with Gasteiger partial charge in [0, 0.05) is 6.07 Å². The molecule has 2 aromatic carbocycles. The van der Waals surface area contributed by atoms with E-state index in [9.17, 15) is 24.6 Å². The summed E-state index contributed by atoms with van der Waals surface area (Å²) in [6.45, 7) is 0. The number of hydrogen-bond donors (Lipinski definition) is 4. The minimum Gasteiger partial charge on any atom is -0.506 e. The van der Waals surface area contributed by atoms with Gasteiger partial charge in [0.1, 0.15) is 17.2 Å². The number of nitrogens with one attached hydrogen (secondary N) is 1. The Kier molecular flexibility index (Phi) is 5.68. The Morgan fingerprint density at radius 1 is 1.10 bits per heavy atom. The van der Waals surface area contributed by atoms with E-state index in [0.717, 1.165) is 10.7 Å². The van der Waals surface area contributed by atoms with E-state index in [1.54, 1.807) is 24.3 Å². The van der Waals surface area contributed by atoms with Crippen molar-refractivity contribution in [2.45, 2.75) is 6.42 Å². The van der Waals surface area contributed by atoms with Gasteiger partial charge >= 0.3 is 5.97 Å². The molecule has 0 atom stereocenters. The number of rotatable bonds is 6. The Morgan fingerprint density at radius 2 is 1.83 bits per heavy atom. The third kappa shape index (κ3) is 4.22. The van der Waals surface area contributed by atoms with Crippen molar-refractivity contribution >= 4 is 17.6 Å². The summed E-state index contributed by atoms with van der Waals surface area (Å²) in [7, 11) is 1.41. The second-order valence-corrected chi connectivity index (χ2v) is 6.18. The lowest BCUT2D eigenvalue weighted by Crippen LogP contribution is -2.25. The SMILES string of the molecule is COc1ccccc1-n1nc(C(=O)Nc2cc(CC(=O)O)ccc2O)c(O)cc1=O. The number of nitrogens with zero attached hydrogens (tertiary/aromatic N) is 2. The normalized spacial score (nSPS) is 10.4. The number of hydrogen-bond acceptors (Lipinski definition) is 7. The van der Waals surface area contributed by atoms with Gasteiger partial charge in [0.25, 0.3) is 11.5 Å². The molecule has 0 unspecified atom stereocenters. The fourth-order valence-electron chi connectivity index (χ4n) is 2.74. The maximum atomic E-state index is 12.7. The zero-order valence-corrected chi connectivity index (χ0v) is 15.7. The van der Waals surface area contributed by atoms with Crippen LogP contribution in [0.3, 0.4) is 0 Å². The number of phenolic OH excluding ortho intramolecular Hbond substituents is 1. The Balaban J connectivity index is 1.99. The predicted octanol–water partition coefficient (Wildman–Crippen LogP) is 1.53. The molecule has 1 amide bonds. The molecule has 30 heavy (non-hydrogen) atoms. The van der Waals surface area contributed by atoms with E-state index >= 15 is 0 Å². The number of ether oxygens (including phenoxy) is 1. The molecular formula is C20H17N3O7. The molecule has 1 aromatic heterocycles. The molecule has 3 aromatic rings. The van der Waals surface area contributed by atoms with Crippen LogP contribution in [-0.2, 0) is 11.2 Å². The summed E-state index contributed by atoms with van der Waals surface area (Å²) in [5.41, 5.74) is -0.657. The number of aromatic hydroxyl groups is 2. The Morgan fingerprint density at radius 3 is 2.53 bits per heavy atom. The van der Waals surface area contributed by atoms with Gasteiger partial charge in [-0.1, -0.05) is 18.2 Å². The number of methoxy groups -OCH3 is 1. The van der Waals surface area contributed by atoms with Crippen LogP contribution < -0.4 is 15.6 Å². The van der Waals surface area contributed by atoms with Crippen molar-refractivity contribution in [2.75, 3.05) is 12.4 Å². The quantitative estimate of drug-likeness (QED) is 0.446. The van der Waals surface area contributed by atoms with Crippen LogP contribution in [-0.4, -0.2) is 44.1 Å². The van der Waals surface area contributed by atoms with Gasteiger partial charge in [-0.15, -0.1) is 0 Å². The monoisotopic (exact) mass is 411 g/mol. The molecule has 3 rings (SSSR count). The Labute approximate surface area is 169 Å². The van der Waals surface area contributed by atoms with Crippen LogP contribution in [0.5, 0.6) is 17.2 Å². The zero-order valence-electron chi connectivity index (χ0n) is 15.7. The summed E-state index contributed by atoms with van der Waals surface area (Å²) >= 11 is 0. The van der Waals surface area contributed by atoms with Crippen LogP contribution >= 0.6 is 0 Å². The molecular weight excluding hydrogens is 394 g/mol. The molecule has 0 saturated heterocycles. The van der Waals surface area contributed by atoms with Gasteiger partial charge in [-0.25, -0.2) is 0 Å². The maximum Gasteiger partial charge on any atom is 0.307 e. The molecule has 0 aliphatic carbocycles. The summed E-state index contributed by atoms with van der Waals surface area (Å²) in [5, 5.41) is 35.2. The van der Waals surface area contributed by atoms with Gasteiger partial charge < -0.3 is 25.4 Å². The Hall–Kier alpha value is -4.34. The number of aliphatic carboxylic acids is 1. The second-order valence-electron chi connectivity index (χ2n) is 6.18. The standard InChI is InChI=1S/C20H17N3O7/c1-30-16-5-3-2-4-13(16)23-17(26)10-15(25)19(22-23)20(29)21-12-8-11(9-18(27)28)6-7-14(12)24/h2-8,10,24-25H,9H2,1H3,(H,21,29)(H,27,28). The number of carboxylic acid groups (broad SMARTS) is 1. The summed E-state index contributed by atoms with van der Waals surface area (Å²) in [6, 6.07) is 11.2. The molecule has 0 aliphatic heterocycles. The molecule has 1 heterocycles. The van der Waals surface area contributed by atoms with Crippen molar-refractivity contribution in [3.05, 3.63) is 70.1 Å². The average Bonchev–Trinajstić information content (AvgIpc) is 2.70. The van der Waals surface area contributed by atoms with Crippen LogP contribution in [0.15, 0.2) is 53.3 Å². The zero-order chi connectivity index (χ0) is 21.8. The van der Waals surface area contributed by atoms with Gasteiger partial charge in [-0.3, -0.25) is 14.4 Å². The summed E-state index contributed by atoms with van der Waals surface area (Å²) in [5.74, 6) is -2.65. The van der Waals surface area contributed by atoms with E-state index in [1.165, 1.54) is 25.3 Å². The fourth-order valence-corrected chi connectivity index (χ4v) is 2.74. The number of phenols is 1. The number of carboxylic acids is 1. The number of carbonyl (C=O) groups excluding carboxylic acids is 1. The van der Waals surface area contributed by atoms with E-state index in [1.807, 2.05) is 0 Å². The van der Waals surface area contributed by atoms with Crippen LogP contribution in [0.4, 0.5) is 5.69 Å². The van der Waals surface area contributed by atoms with Gasteiger partial charge in [0.05, 0.1) is 19.2 Å². The molecule has 0 spiro atoms. The van der Waals surface area contributed by atoms with Crippen molar-refractivity contribution in [1.82, 2.24) is 9.78 Å². The smallest absolute Gasteiger partial charge is 0.307 e. The largest absolute Gasteiger partial charge is 0.506 e. The van der Waals surface area contributed by atoms with E-state index < -0.39 is 28.9 Å². The first-order chi connectivity index (χ1) is 14.3. The number of carbonyl (C=O) groups is 2. The molecule has 0 aliphatic rings. The third-order valence-corrected chi connectivity index (χ3v) is 4.10. The van der Waals surface area contributed by atoms with Crippen molar-refractivity contribution in [2.24, 2.45) is 0 Å². The molecule has 4 N–H and O–H groups in total. The minimum absolute atomic E-state index is 0.0741. The van der Waals surface area contributed by atoms with E-state index in [4.69, 9.17) is 9.84 Å². The van der Waals surface area contributed by atoms with Gasteiger partial charge in [0.2, 0.25) is 0 Å². The van der Waals surface area contributed by atoms with Crippen molar-refractivity contribution in [1.29, 1.82) is 0 Å². The lowest BCUT2D eigenvalue weighted by Gasteiger charge is -2.12. The summed E-state index contributed by atoms with van der Waals surface area (Å²) in [4.78, 5) is 35.8. The van der Waals surface area contributed by atoms with E-state index in [2.05, 4.69) is 10.4 Å². The van der Waals surface area contributed by atoms with E-state index in [-0.39, 0.29) is 23.5 Å². The molecule has 0 fully saturated rings. The highest BCUT2D eigenvalue weighted by Crippen LogP contribution is 2.26. The number of amides is 1. The number of aromatic nitrogens is 2. The van der Waals surface area contributed by atoms with Crippen LogP contribution in [0, 0.1) is 0 Å². The second kappa shape index (κ2) is 8.35. The first kappa shape index (κ1) is 20.4. The van der Waals surface area contributed by atoms with Crippen LogP contribution in [0.1, 0.15) is 16.1 Å². The first-order valence-corrected chi connectivity index (χ1v) is 8.62. The fraction of sp³-hybridized carbons (Fsp3) is 0.100. The topological polar surface area (TPSA) is 151 Å². The lowest BCUT2D eigenvalue weighted by molar-refractivity contribution is -0.136. The molecule has 0 bridgehead atoms. The van der Waals surface area contributed by atoms with Crippen LogP contribution in [0.2, 0.25) is 0 Å². The van der Waals surface area contributed by atoms with Gasteiger partial charge in [0.15, 0.2) is 11.4 Å². The Bertz CT molecular complexity index is 1190. The number of anilines is 1. The molecule has 10 nitrogen and oxygen atoms in total. The summed E-state index contributed by atoms with van der Waals surface area (Å²) < 4.78 is 6.09. The lowest BCUT2D eigenvalue weighted by atomic mass is 10.1. The highest BCUT2D eigenvalue weighted by Gasteiger charge is 2.19. The molecule has 154 valence electrons. The number of benzene rings is 2. The highest BCUT2D eigenvalue weighted by atomic mass is 16.5. The third-order valence-electron chi connectivity index (χ3n) is 4.10. The summed E-state index contributed by atoms with van der Waals surface area (Å²) in [6.07, 6.45) is -0.314. The predicted molar refractivity (Wildman–Crippen MR) is 105 cm³/mol. The molecule has 0 saturated carbocycles. The van der Waals surface area contributed by atoms with Gasteiger partial charge in [-0.2, -0.15) is 9.78 Å². The first-order valence-electron chi connectivity index (χ1n) is 8.62. The van der Waals surface area contributed by atoms with Crippen molar-refractivity contribution in [3.8, 4) is 22.9 Å². The van der Waals surface area contributed by atoms with Gasteiger partial charge in [-0.05, 0) is 29.8 Å². The minimum atomic E-state index is -1.08. The maximum absolute atomic E-state index is 12.7. The highest BCUT2D eigenvalue weighted by molar-refractivity contribution is 6.05. The van der Waals surface area contributed by atoms with E-state index in [0.29, 0.717) is 11.3 Å².